The number of thioether (sulfide) groups is 1. The van der Waals surface area contributed by atoms with Gasteiger partial charge in [-0.15, -0.1) is 11.8 Å². The number of hydrogen-bond donors (Lipinski definition) is 2. The van der Waals surface area contributed by atoms with Crippen molar-refractivity contribution in [1.29, 1.82) is 0 Å². The van der Waals surface area contributed by atoms with Crippen LogP contribution in [0.1, 0.15) is 36.9 Å². The Balaban J connectivity index is 1.72. The van der Waals surface area contributed by atoms with E-state index in [1.54, 1.807) is 25.1 Å². The minimum absolute atomic E-state index is 0.0364. The summed E-state index contributed by atoms with van der Waals surface area (Å²) in [5.74, 6) is 0.275. The van der Waals surface area contributed by atoms with E-state index >= 15 is 0 Å². The van der Waals surface area contributed by atoms with Crippen LogP contribution in [-0.2, 0) is 10.4 Å². The molecule has 2 atom stereocenters. The molecule has 2 N–H and O–H groups in total. The first-order chi connectivity index (χ1) is 11.5. The maximum Gasteiger partial charge on any atom is 0.223 e. The second-order valence-electron chi connectivity index (χ2n) is 6.23. The summed E-state index contributed by atoms with van der Waals surface area (Å²) < 4.78 is 13.9. The van der Waals surface area contributed by atoms with Crippen LogP contribution in [0.25, 0.3) is 0 Å². The van der Waals surface area contributed by atoms with Crippen LogP contribution in [0.4, 0.5) is 4.39 Å². The summed E-state index contributed by atoms with van der Waals surface area (Å²) in [7, 11) is 0. The second-order valence-corrected chi connectivity index (χ2v) is 7.34. The Morgan fingerprint density at radius 3 is 2.79 bits per heavy atom. The lowest BCUT2D eigenvalue weighted by atomic mass is 9.92. The molecular formula is C19H20FNO2S. The van der Waals surface area contributed by atoms with Crippen LogP contribution in [-0.4, -0.2) is 16.8 Å². The van der Waals surface area contributed by atoms with E-state index in [9.17, 15) is 14.3 Å². The fourth-order valence-corrected chi connectivity index (χ4v) is 4.13. The summed E-state index contributed by atoms with van der Waals surface area (Å²) in [5, 5.41) is 13.5. The van der Waals surface area contributed by atoms with Gasteiger partial charge in [-0.25, -0.2) is 4.39 Å². The van der Waals surface area contributed by atoms with Gasteiger partial charge in [0.05, 0.1) is 18.1 Å². The number of carbonyl (C=O) groups excluding carboxylic acids is 1. The quantitative estimate of drug-likeness (QED) is 0.887. The van der Waals surface area contributed by atoms with Crippen LogP contribution in [0, 0.1) is 5.82 Å². The molecule has 0 radical (unpaired) electrons. The summed E-state index contributed by atoms with van der Waals surface area (Å²) in [6.45, 7) is 1.63. The van der Waals surface area contributed by atoms with Crippen LogP contribution in [0.2, 0.25) is 0 Å². The molecule has 5 heteroatoms. The largest absolute Gasteiger partial charge is 0.385 e. The molecule has 0 saturated carbocycles. The van der Waals surface area contributed by atoms with Crippen LogP contribution >= 0.6 is 11.8 Å². The van der Waals surface area contributed by atoms with Crippen LogP contribution in [0.15, 0.2) is 53.4 Å². The Hall–Kier alpha value is -1.85. The fraction of sp³-hybridized carbons (Fsp3) is 0.316. The molecule has 3 rings (SSSR count). The van der Waals surface area contributed by atoms with Gasteiger partial charge in [-0.2, -0.15) is 0 Å². The van der Waals surface area contributed by atoms with Crippen molar-refractivity contribution in [3.8, 4) is 0 Å². The highest BCUT2D eigenvalue weighted by Crippen LogP contribution is 2.38. The second kappa shape index (κ2) is 6.95. The van der Waals surface area contributed by atoms with E-state index in [4.69, 9.17) is 0 Å². The Morgan fingerprint density at radius 1 is 1.29 bits per heavy atom. The molecule has 2 unspecified atom stereocenters. The lowest BCUT2D eigenvalue weighted by molar-refractivity contribution is -0.126. The first-order valence-electron chi connectivity index (χ1n) is 7.96. The molecule has 3 nitrogen and oxygen atoms in total. The number of carbonyl (C=O) groups is 1. The van der Waals surface area contributed by atoms with Crippen molar-refractivity contribution in [2.75, 3.05) is 5.75 Å². The highest BCUT2D eigenvalue weighted by Gasteiger charge is 2.29. The number of fused-ring (bicyclic) bond motifs is 1. The van der Waals surface area contributed by atoms with Gasteiger partial charge in [0.1, 0.15) is 5.82 Å². The first kappa shape index (κ1) is 17.0. The Morgan fingerprint density at radius 2 is 2.04 bits per heavy atom. The van der Waals surface area contributed by atoms with Gasteiger partial charge in [-0.05, 0) is 30.5 Å². The molecule has 1 aliphatic rings. The van der Waals surface area contributed by atoms with Crippen molar-refractivity contribution in [3.63, 3.8) is 0 Å². The smallest absolute Gasteiger partial charge is 0.223 e. The lowest BCUT2D eigenvalue weighted by Gasteiger charge is -2.28. The van der Waals surface area contributed by atoms with E-state index in [2.05, 4.69) is 5.32 Å². The predicted molar refractivity (Wildman–Crippen MR) is 93.3 cm³/mol. The van der Waals surface area contributed by atoms with Gasteiger partial charge in [0.2, 0.25) is 5.91 Å². The molecule has 0 saturated heterocycles. The van der Waals surface area contributed by atoms with E-state index in [1.807, 2.05) is 24.3 Å². The van der Waals surface area contributed by atoms with Crippen molar-refractivity contribution in [2.45, 2.75) is 36.3 Å². The molecule has 0 spiro atoms. The van der Waals surface area contributed by atoms with Gasteiger partial charge in [-0.3, -0.25) is 4.79 Å². The maximum atomic E-state index is 13.9. The summed E-state index contributed by atoms with van der Waals surface area (Å²) in [6, 6.07) is 13.9. The molecule has 24 heavy (non-hydrogen) atoms. The monoisotopic (exact) mass is 345 g/mol. The number of halogens is 1. The van der Waals surface area contributed by atoms with Gasteiger partial charge in [-0.1, -0.05) is 42.5 Å². The molecule has 0 fully saturated rings. The molecular weight excluding hydrogens is 325 g/mol. The zero-order chi connectivity index (χ0) is 17.2. The van der Waals surface area contributed by atoms with Gasteiger partial charge >= 0.3 is 0 Å². The molecule has 0 bridgehead atoms. The van der Waals surface area contributed by atoms with E-state index < -0.39 is 5.60 Å². The molecule has 126 valence electrons. The zero-order valence-corrected chi connectivity index (χ0v) is 14.3. The zero-order valence-electron chi connectivity index (χ0n) is 13.5. The number of amides is 1. The molecule has 2 aromatic rings. The van der Waals surface area contributed by atoms with Gasteiger partial charge in [0.15, 0.2) is 0 Å². The van der Waals surface area contributed by atoms with Crippen molar-refractivity contribution in [3.05, 3.63) is 65.5 Å². The van der Waals surface area contributed by atoms with E-state index in [1.165, 1.54) is 17.8 Å². The van der Waals surface area contributed by atoms with Gasteiger partial charge in [0.25, 0.3) is 0 Å². The fourth-order valence-electron chi connectivity index (χ4n) is 2.99. The third-order valence-corrected chi connectivity index (χ3v) is 5.42. The van der Waals surface area contributed by atoms with Crippen molar-refractivity contribution in [1.82, 2.24) is 5.32 Å². The van der Waals surface area contributed by atoms with Crippen molar-refractivity contribution >= 4 is 17.7 Å². The Bertz CT molecular complexity index is 733. The average molecular weight is 345 g/mol. The SMILES string of the molecule is CC(O)(CC(=O)NC1CCSc2c(F)cccc21)c1ccccc1. The molecule has 1 aliphatic heterocycles. The highest BCUT2D eigenvalue weighted by molar-refractivity contribution is 7.99. The third kappa shape index (κ3) is 3.62. The van der Waals surface area contributed by atoms with E-state index in [0.717, 1.165) is 17.7 Å². The standard InChI is InChI=1S/C19H20FNO2S/c1-19(23,13-6-3-2-4-7-13)12-17(22)21-16-10-11-24-18-14(16)8-5-9-15(18)20/h2-9,16,23H,10-12H2,1H3,(H,21,22). The summed E-state index contributed by atoms with van der Waals surface area (Å²) in [4.78, 5) is 13.0. The number of rotatable bonds is 4. The topological polar surface area (TPSA) is 49.3 Å². The highest BCUT2D eigenvalue weighted by atomic mass is 32.2. The van der Waals surface area contributed by atoms with Gasteiger partial charge in [0, 0.05) is 10.6 Å². The third-order valence-electron chi connectivity index (χ3n) is 4.26. The minimum Gasteiger partial charge on any atom is -0.385 e. The summed E-state index contributed by atoms with van der Waals surface area (Å²) in [5.41, 5.74) is 0.282. The number of hydrogen-bond acceptors (Lipinski definition) is 3. The predicted octanol–water partition coefficient (Wildman–Crippen LogP) is 3.78. The maximum absolute atomic E-state index is 13.9. The Kier molecular flexibility index (Phi) is 4.92. The van der Waals surface area contributed by atoms with E-state index in [0.29, 0.717) is 10.5 Å². The van der Waals surface area contributed by atoms with E-state index in [-0.39, 0.29) is 24.2 Å². The molecule has 1 amide bonds. The molecule has 0 aliphatic carbocycles. The normalized spacial score (nSPS) is 19.2. The molecule has 1 heterocycles. The number of nitrogens with one attached hydrogen (secondary N) is 1. The van der Waals surface area contributed by atoms with Crippen LogP contribution in [0.3, 0.4) is 0 Å². The summed E-state index contributed by atoms with van der Waals surface area (Å²) in [6.07, 6.45) is 0.714. The van der Waals surface area contributed by atoms with Crippen LogP contribution in [0.5, 0.6) is 0 Å². The molecule has 2 aromatic carbocycles. The average Bonchev–Trinajstić information content (AvgIpc) is 2.56. The lowest BCUT2D eigenvalue weighted by Crippen LogP contribution is -2.36. The first-order valence-corrected chi connectivity index (χ1v) is 8.94. The number of benzene rings is 2. The Labute approximate surface area is 145 Å². The van der Waals surface area contributed by atoms with Gasteiger partial charge < -0.3 is 10.4 Å². The summed E-state index contributed by atoms with van der Waals surface area (Å²) >= 11 is 1.48. The molecule has 0 aromatic heterocycles. The number of aliphatic hydroxyl groups is 1. The van der Waals surface area contributed by atoms with Crippen molar-refractivity contribution in [2.24, 2.45) is 0 Å². The minimum atomic E-state index is -1.24. The van der Waals surface area contributed by atoms with Crippen LogP contribution < -0.4 is 5.32 Å². The van der Waals surface area contributed by atoms with Crippen molar-refractivity contribution < 1.29 is 14.3 Å².